The summed E-state index contributed by atoms with van der Waals surface area (Å²) in [5.74, 6) is -0.254. The van der Waals surface area contributed by atoms with E-state index in [1.165, 1.54) is 13.8 Å². The number of ketones is 1. The van der Waals surface area contributed by atoms with Gasteiger partial charge in [0, 0.05) is 18.2 Å². The Hall–Kier alpha value is -2.36. The van der Waals surface area contributed by atoms with Gasteiger partial charge in [0.15, 0.2) is 6.61 Å². The van der Waals surface area contributed by atoms with Crippen LogP contribution in [0.2, 0.25) is 0 Å². The summed E-state index contributed by atoms with van der Waals surface area (Å²) in [7, 11) is 0. The highest BCUT2D eigenvalue weighted by Gasteiger charge is 2.61. The number of hydrogen-bond donors (Lipinski definition) is 2. The van der Waals surface area contributed by atoms with Crippen LogP contribution >= 0.6 is 0 Å². The highest BCUT2D eigenvalue weighted by molar-refractivity contribution is 6.01. The Labute approximate surface area is 152 Å². The molecule has 4 aliphatic carbocycles. The number of carbonyl (C=O) groups is 3. The van der Waals surface area contributed by atoms with Gasteiger partial charge in [-0.25, -0.2) is 0 Å². The number of hydrogen-bond acceptors (Lipinski definition) is 6. The van der Waals surface area contributed by atoms with Crippen molar-refractivity contribution in [3.8, 4) is 6.07 Å². The SMILES string of the molecule is CC(=O)NC12CC3CC(C1)CC(C(=O)OCC(=O)C(C#N)=C(C)N)(C3)C2. The Kier molecular flexibility index (Phi) is 4.55. The van der Waals surface area contributed by atoms with Gasteiger partial charge in [-0.3, -0.25) is 14.4 Å². The van der Waals surface area contributed by atoms with Gasteiger partial charge in [0.2, 0.25) is 11.7 Å². The number of allylic oxidation sites excluding steroid dienone is 1. The molecule has 26 heavy (non-hydrogen) atoms. The molecule has 3 N–H and O–H groups in total. The number of nitrogens with two attached hydrogens (primary N) is 1. The van der Waals surface area contributed by atoms with E-state index in [-0.39, 0.29) is 28.7 Å². The zero-order valence-corrected chi connectivity index (χ0v) is 15.3. The molecule has 0 aromatic carbocycles. The molecule has 2 unspecified atom stereocenters. The maximum absolute atomic E-state index is 12.9. The standard InChI is InChI=1S/C19H25N3O4/c1-11(21)15(8-20)16(24)9-26-17(25)18-4-13-3-14(5-18)7-19(6-13,10-18)22-12(2)23/h13-14H,3-7,9-10,21H2,1-2H3,(H,22,23). The van der Waals surface area contributed by atoms with Crippen LogP contribution in [0.4, 0.5) is 0 Å². The Balaban J connectivity index is 1.73. The van der Waals surface area contributed by atoms with Gasteiger partial charge >= 0.3 is 5.97 Å². The van der Waals surface area contributed by atoms with Crippen molar-refractivity contribution in [1.29, 1.82) is 5.26 Å². The van der Waals surface area contributed by atoms with Gasteiger partial charge in [0.25, 0.3) is 0 Å². The predicted molar refractivity (Wildman–Crippen MR) is 92.1 cm³/mol. The minimum atomic E-state index is -0.638. The average Bonchev–Trinajstić information content (AvgIpc) is 2.50. The number of ether oxygens (including phenoxy) is 1. The van der Waals surface area contributed by atoms with E-state index in [9.17, 15) is 14.4 Å². The van der Waals surface area contributed by atoms with Gasteiger partial charge in [-0.2, -0.15) is 5.26 Å². The molecule has 4 rings (SSSR count). The van der Waals surface area contributed by atoms with Crippen LogP contribution in [0, 0.1) is 28.6 Å². The van der Waals surface area contributed by atoms with Gasteiger partial charge in [-0.1, -0.05) is 0 Å². The summed E-state index contributed by atoms with van der Waals surface area (Å²) >= 11 is 0. The zero-order chi connectivity index (χ0) is 19.1. The van der Waals surface area contributed by atoms with Crippen molar-refractivity contribution >= 4 is 17.7 Å². The first kappa shape index (κ1) is 18.4. The van der Waals surface area contributed by atoms with Gasteiger partial charge in [0.05, 0.1) is 5.41 Å². The fourth-order valence-electron chi connectivity index (χ4n) is 5.75. The topological polar surface area (TPSA) is 122 Å². The summed E-state index contributed by atoms with van der Waals surface area (Å²) in [4.78, 5) is 36.6. The van der Waals surface area contributed by atoms with Gasteiger partial charge in [0.1, 0.15) is 11.6 Å². The molecular formula is C19H25N3O4. The van der Waals surface area contributed by atoms with Crippen molar-refractivity contribution in [1.82, 2.24) is 5.32 Å². The molecule has 140 valence electrons. The lowest BCUT2D eigenvalue weighted by molar-refractivity contribution is -0.176. The number of nitrogens with zero attached hydrogens (tertiary/aromatic N) is 1. The molecule has 4 aliphatic rings. The molecule has 0 spiro atoms. The number of rotatable bonds is 5. The molecule has 0 aromatic heterocycles. The first-order valence-electron chi connectivity index (χ1n) is 9.04. The van der Waals surface area contributed by atoms with Crippen LogP contribution in [-0.4, -0.2) is 29.8 Å². The van der Waals surface area contributed by atoms with Crippen LogP contribution in [0.1, 0.15) is 52.4 Å². The third kappa shape index (κ3) is 3.20. The third-order valence-electron chi connectivity index (χ3n) is 6.05. The first-order valence-corrected chi connectivity index (χ1v) is 9.04. The van der Waals surface area contributed by atoms with Crippen molar-refractivity contribution in [2.45, 2.75) is 57.9 Å². The van der Waals surface area contributed by atoms with Crippen molar-refractivity contribution in [3.05, 3.63) is 11.3 Å². The Morgan fingerprint density at radius 2 is 1.81 bits per heavy atom. The third-order valence-corrected chi connectivity index (χ3v) is 6.05. The van der Waals surface area contributed by atoms with Crippen molar-refractivity contribution < 1.29 is 19.1 Å². The number of Topliss-reactive ketones (excluding diaryl/α,β-unsaturated/α-hetero) is 1. The summed E-state index contributed by atoms with van der Waals surface area (Å²) in [6.45, 7) is 2.50. The van der Waals surface area contributed by atoms with E-state index in [4.69, 9.17) is 15.7 Å². The van der Waals surface area contributed by atoms with E-state index in [1.807, 2.05) is 0 Å². The van der Waals surface area contributed by atoms with E-state index >= 15 is 0 Å². The molecule has 0 radical (unpaired) electrons. The van der Waals surface area contributed by atoms with E-state index in [2.05, 4.69) is 5.32 Å². The molecule has 4 bridgehead atoms. The highest BCUT2D eigenvalue weighted by atomic mass is 16.5. The van der Waals surface area contributed by atoms with Gasteiger partial charge in [-0.05, 0) is 57.3 Å². The van der Waals surface area contributed by atoms with E-state index in [0.29, 0.717) is 18.3 Å². The molecule has 0 saturated heterocycles. The van der Waals surface area contributed by atoms with Crippen LogP contribution in [0.25, 0.3) is 0 Å². The van der Waals surface area contributed by atoms with Crippen LogP contribution in [0.5, 0.6) is 0 Å². The largest absolute Gasteiger partial charge is 0.457 e. The van der Waals surface area contributed by atoms with Crippen LogP contribution in [0.15, 0.2) is 11.3 Å². The van der Waals surface area contributed by atoms with E-state index in [0.717, 1.165) is 32.1 Å². The quantitative estimate of drug-likeness (QED) is 0.434. The van der Waals surface area contributed by atoms with Crippen molar-refractivity contribution in [2.24, 2.45) is 23.0 Å². The second-order valence-corrected chi connectivity index (χ2v) is 8.37. The fraction of sp³-hybridized carbons (Fsp3) is 0.684. The van der Waals surface area contributed by atoms with Crippen LogP contribution in [-0.2, 0) is 19.1 Å². The maximum Gasteiger partial charge on any atom is 0.312 e. The van der Waals surface area contributed by atoms with Gasteiger partial charge < -0.3 is 15.8 Å². The normalized spacial score (nSPS) is 35.3. The minimum absolute atomic E-state index is 0.0761. The average molecular weight is 359 g/mol. The fourth-order valence-corrected chi connectivity index (χ4v) is 5.75. The number of esters is 1. The number of nitrogens with one attached hydrogen (secondary N) is 1. The molecule has 4 saturated carbocycles. The number of amides is 1. The Morgan fingerprint density at radius 1 is 1.19 bits per heavy atom. The summed E-state index contributed by atoms with van der Waals surface area (Å²) in [6, 6.07) is 1.75. The minimum Gasteiger partial charge on any atom is -0.457 e. The molecule has 7 nitrogen and oxygen atoms in total. The lowest BCUT2D eigenvalue weighted by Gasteiger charge is -2.60. The molecule has 0 aliphatic heterocycles. The van der Waals surface area contributed by atoms with Crippen LogP contribution < -0.4 is 11.1 Å². The zero-order valence-electron chi connectivity index (χ0n) is 15.3. The predicted octanol–water partition coefficient (Wildman–Crippen LogP) is 1.33. The second-order valence-electron chi connectivity index (χ2n) is 8.37. The highest BCUT2D eigenvalue weighted by Crippen LogP contribution is 2.62. The molecule has 2 atom stereocenters. The maximum atomic E-state index is 12.9. The van der Waals surface area contributed by atoms with E-state index < -0.39 is 17.8 Å². The first-order chi connectivity index (χ1) is 12.2. The summed E-state index contributed by atoms with van der Waals surface area (Å²) in [5, 5.41) is 12.1. The summed E-state index contributed by atoms with van der Waals surface area (Å²) in [6.07, 6.45) is 4.96. The molecule has 4 fully saturated rings. The molecule has 0 aromatic rings. The number of nitriles is 1. The molecule has 7 heteroatoms. The summed E-state index contributed by atoms with van der Waals surface area (Å²) in [5.41, 5.74) is 4.50. The smallest absolute Gasteiger partial charge is 0.312 e. The lowest BCUT2D eigenvalue weighted by Crippen LogP contribution is -2.64. The summed E-state index contributed by atoms with van der Waals surface area (Å²) < 4.78 is 5.33. The van der Waals surface area contributed by atoms with Crippen molar-refractivity contribution in [2.75, 3.05) is 6.61 Å². The van der Waals surface area contributed by atoms with E-state index in [1.54, 1.807) is 6.07 Å². The molecule has 0 heterocycles. The molecule has 1 amide bonds. The number of carbonyl (C=O) groups excluding carboxylic acids is 3. The second kappa shape index (κ2) is 6.42. The van der Waals surface area contributed by atoms with Crippen LogP contribution in [0.3, 0.4) is 0 Å². The monoisotopic (exact) mass is 359 g/mol. The Bertz CT molecular complexity index is 716. The van der Waals surface area contributed by atoms with Gasteiger partial charge in [-0.15, -0.1) is 0 Å². The lowest BCUT2D eigenvalue weighted by atomic mass is 9.47. The Morgan fingerprint density at radius 3 is 2.31 bits per heavy atom. The molecular weight excluding hydrogens is 334 g/mol. The van der Waals surface area contributed by atoms with Crippen molar-refractivity contribution in [3.63, 3.8) is 0 Å².